The number of H-pyrrole nitrogens is 1. The summed E-state index contributed by atoms with van der Waals surface area (Å²) in [7, 11) is 0. The molecule has 1 amide bonds. The van der Waals surface area contributed by atoms with Crippen molar-refractivity contribution in [3.8, 4) is 0 Å². The van der Waals surface area contributed by atoms with Crippen molar-refractivity contribution in [2.24, 2.45) is 5.92 Å². The molecule has 0 radical (unpaired) electrons. The number of nitrogen functional groups attached to an aromatic ring is 1. The first kappa shape index (κ1) is 15.3. The van der Waals surface area contributed by atoms with E-state index in [1.807, 2.05) is 18.2 Å². The zero-order valence-electron chi connectivity index (χ0n) is 12.9. The summed E-state index contributed by atoms with van der Waals surface area (Å²) in [5, 5.41) is 9.46. The van der Waals surface area contributed by atoms with E-state index in [9.17, 15) is 4.79 Å². The van der Waals surface area contributed by atoms with Crippen molar-refractivity contribution in [2.75, 3.05) is 30.3 Å². The number of pyridine rings is 1. The van der Waals surface area contributed by atoms with Gasteiger partial charge in [0.15, 0.2) is 0 Å². The van der Waals surface area contributed by atoms with E-state index in [-0.39, 0.29) is 17.8 Å². The minimum atomic E-state index is -0.00875. The van der Waals surface area contributed by atoms with Gasteiger partial charge in [-0.3, -0.25) is 9.89 Å². The average molecular weight is 315 g/mol. The molecule has 2 aromatic heterocycles. The molecule has 3 rings (SSSR count). The normalized spacial score (nSPS) is 17.9. The number of nitrogens with one attached hydrogen (secondary N) is 2. The second-order valence-corrected chi connectivity index (χ2v) is 5.65. The molecule has 0 aromatic carbocycles. The molecular formula is C15H21N7O. The Morgan fingerprint density at radius 2 is 2.39 bits per heavy atom. The molecule has 1 saturated heterocycles. The highest BCUT2D eigenvalue weighted by Crippen LogP contribution is 2.21. The van der Waals surface area contributed by atoms with E-state index in [1.54, 1.807) is 6.20 Å². The molecule has 122 valence electrons. The second-order valence-electron chi connectivity index (χ2n) is 5.65. The van der Waals surface area contributed by atoms with Gasteiger partial charge in [0.2, 0.25) is 11.9 Å². The summed E-state index contributed by atoms with van der Waals surface area (Å²) in [5.41, 5.74) is 5.45. The van der Waals surface area contributed by atoms with Crippen molar-refractivity contribution < 1.29 is 4.79 Å². The first-order valence-electron chi connectivity index (χ1n) is 7.83. The molecule has 0 bridgehead atoms. The molecule has 4 N–H and O–H groups in total. The largest absolute Gasteiger partial charge is 0.367 e. The number of carbonyl (C=O) groups excluding carboxylic acids is 1. The highest BCUT2D eigenvalue weighted by atomic mass is 16.1. The van der Waals surface area contributed by atoms with E-state index < -0.39 is 0 Å². The molecule has 2 aromatic rings. The molecule has 0 aliphatic carbocycles. The number of aromatic nitrogens is 4. The fraction of sp³-hybridized carbons (Fsp3) is 0.467. The van der Waals surface area contributed by atoms with Gasteiger partial charge >= 0.3 is 0 Å². The molecule has 1 atom stereocenters. The van der Waals surface area contributed by atoms with Crippen LogP contribution in [0, 0.1) is 5.92 Å². The van der Waals surface area contributed by atoms with Crippen LogP contribution in [0.1, 0.15) is 18.7 Å². The Morgan fingerprint density at radius 3 is 3.13 bits per heavy atom. The SMILES string of the molecule is Nc1n[nH]c(CCNC(=O)[C@@H]2CCCN(c3ccccn3)C2)n1. The summed E-state index contributed by atoms with van der Waals surface area (Å²) >= 11 is 0. The van der Waals surface area contributed by atoms with Gasteiger partial charge < -0.3 is 16.0 Å². The van der Waals surface area contributed by atoms with Crippen LogP contribution in [0.3, 0.4) is 0 Å². The van der Waals surface area contributed by atoms with Crippen molar-refractivity contribution in [3.05, 3.63) is 30.2 Å². The Balaban J connectivity index is 1.49. The fourth-order valence-corrected chi connectivity index (χ4v) is 2.81. The molecule has 0 saturated carbocycles. The van der Waals surface area contributed by atoms with Gasteiger partial charge in [-0.05, 0) is 25.0 Å². The summed E-state index contributed by atoms with van der Waals surface area (Å²) in [6, 6.07) is 5.84. The fourth-order valence-electron chi connectivity index (χ4n) is 2.81. The lowest BCUT2D eigenvalue weighted by molar-refractivity contribution is -0.125. The summed E-state index contributed by atoms with van der Waals surface area (Å²) < 4.78 is 0. The van der Waals surface area contributed by atoms with Gasteiger partial charge in [0.1, 0.15) is 11.6 Å². The topological polar surface area (TPSA) is 113 Å². The third-order valence-electron chi connectivity index (χ3n) is 3.98. The van der Waals surface area contributed by atoms with Crippen molar-refractivity contribution in [1.82, 2.24) is 25.5 Å². The van der Waals surface area contributed by atoms with Gasteiger partial charge in [0, 0.05) is 32.3 Å². The average Bonchev–Trinajstić information content (AvgIpc) is 3.01. The van der Waals surface area contributed by atoms with E-state index in [2.05, 4.69) is 30.4 Å². The van der Waals surface area contributed by atoms with Gasteiger partial charge in [-0.15, -0.1) is 5.10 Å². The van der Waals surface area contributed by atoms with E-state index in [0.29, 0.717) is 25.3 Å². The van der Waals surface area contributed by atoms with Gasteiger partial charge in [-0.25, -0.2) is 4.98 Å². The Labute approximate surface area is 134 Å². The lowest BCUT2D eigenvalue weighted by Crippen LogP contribution is -2.43. The van der Waals surface area contributed by atoms with E-state index in [0.717, 1.165) is 25.2 Å². The summed E-state index contributed by atoms with van der Waals surface area (Å²) in [4.78, 5) is 22.9. The van der Waals surface area contributed by atoms with Crippen molar-refractivity contribution in [1.29, 1.82) is 0 Å². The number of nitrogens with zero attached hydrogens (tertiary/aromatic N) is 4. The van der Waals surface area contributed by atoms with Crippen LogP contribution in [-0.2, 0) is 11.2 Å². The van der Waals surface area contributed by atoms with E-state index >= 15 is 0 Å². The third-order valence-corrected chi connectivity index (χ3v) is 3.98. The zero-order valence-corrected chi connectivity index (χ0v) is 12.9. The number of piperidine rings is 1. The van der Waals surface area contributed by atoms with Crippen LogP contribution in [-0.4, -0.2) is 45.7 Å². The number of aromatic amines is 1. The standard InChI is InChI=1S/C15H21N7O/c16-15-19-12(20-21-15)6-8-18-14(23)11-4-3-9-22(10-11)13-5-1-2-7-17-13/h1-2,5,7,11H,3-4,6,8-10H2,(H,18,23)(H3,16,19,20,21)/t11-/m1/s1. The van der Waals surface area contributed by atoms with Gasteiger partial charge in [0.25, 0.3) is 0 Å². The smallest absolute Gasteiger partial charge is 0.239 e. The number of amides is 1. The lowest BCUT2D eigenvalue weighted by atomic mass is 9.97. The number of carbonyl (C=O) groups is 1. The molecule has 0 spiro atoms. The Bertz CT molecular complexity index is 642. The minimum absolute atomic E-state index is 0.00875. The van der Waals surface area contributed by atoms with Crippen LogP contribution in [0.15, 0.2) is 24.4 Å². The predicted molar refractivity (Wildman–Crippen MR) is 86.7 cm³/mol. The van der Waals surface area contributed by atoms with Crippen molar-refractivity contribution in [3.63, 3.8) is 0 Å². The Morgan fingerprint density at radius 1 is 1.48 bits per heavy atom. The number of rotatable bonds is 5. The molecule has 8 heteroatoms. The van der Waals surface area contributed by atoms with Crippen LogP contribution >= 0.6 is 0 Å². The maximum atomic E-state index is 12.3. The quantitative estimate of drug-likeness (QED) is 0.734. The predicted octanol–water partition coefficient (Wildman–Crippen LogP) is 0.357. The molecule has 1 fully saturated rings. The molecule has 3 heterocycles. The van der Waals surface area contributed by atoms with E-state index in [4.69, 9.17) is 5.73 Å². The maximum Gasteiger partial charge on any atom is 0.239 e. The van der Waals surface area contributed by atoms with Crippen LogP contribution < -0.4 is 16.0 Å². The second kappa shape index (κ2) is 7.08. The molecule has 23 heavy (non-hydrogen) atoms. The molecular weight excluding hydrogens is 294 g/mol. The van der Waals surface area contributed by atoms with Crippen LogP contribution in [0.4, 0.5) is 11.8 Å². The Hall–Kier alpha value is -2.64. The molecule has 8 nitrogen and oxygen atoms in total. The first-order chi connectivity index (χ1) is 11.2. The highest BCUT2D eigenvalue weighted by Gasteiger charge is 2.26. The summed E-state index contributed by atoms with van der Waals surface area (Å²) in [5.74, 6) is 1.91. The zero-order chi connectivity index (χ0) is 16.1. The number of anilines is 2. The van der Waals surface area contributed by atoms with Gasteiger partial charge in [-0.2, -0.15) is 4.98 Å². The minimum Gasteiger partial charge on any atom is -0.367 e. The first-order valence-corrected chi connectivity index (χ1v) is 7.83. The summed E-state index contributed by atoms with van der Waals surface area (Å²) in [6.45, 7) is 2.17. The maximum absolute atomic E-state index is 12.3. The number of hydrogen-bond acceptors (Lipinski definition) is 6. The van der Waals surface area contributed by atoms with Gasteiger partial charge in [-0.1, -0.05) is 6.07 Å². The van der Waals surface area contributed by atoms with Crippen molar-refractivity contribution >= 4 is 17.7 Å². The monoisotopic (exact) mass is 315 g/mol. The number of nitrogens with two attached hydrogens (primary N) is 1. The van der Waals surface area contributed by atoms with Gasteiger partial charge in [0.05, 0.1) is 5.92 Å². The lowest BCUT2D eigenvalue weighted by Gasteiger charge is -2.32. The third kappa shape index (κ3) is 3.97. The van der Waals surface area contributed by atoms with E-state index in [1.165, 1.54) is 0 Å². The van der Waals surface area contributed by atoms with Crippen molar-refractivity contribution in [2.45, 2.75) is 19.3 Å². The highest BCUT2D eigenvalue weighted by molar-refractivity contribution is 5.79. The molecule has 1 aliphatic rings. The number of hydrogen-bond donors (Lipinski definition) is 3. The summed E-state index contributed by atoms with van der Waals surface area (Å²) in [6.07, 6.45) is 4.27. The Kier molecular flexibility index (Phi) is 4.70. The van der Waals surface area contributed by atoms with Crippen LogP contribution in [0.25, 0.3) is 0 Å². The van der Waals surface area contributed by atoms with Crippen LogP contribution in [0.2, 0.25) is 0 Å². The molecule has 1 aliphatic heterocycles. The molecule has 0 unspecified atom stereocenters. The van der Waals surface area contributed by atoms with Crippen LogP contribution in [0.5, 0.6) is 0 Å².